The fourth-order valence-corrected chi connectivity index (χ4v) is 2.70. The summed E-state index contributed by atoms with van der Waals surface area (Å²) in [5, 5.41) is 0. The second-order valence-electron chi connectivity index (χ2n) is 5.06. The maximum absolute atomic E-state index is 2.37. The van der Waals surface area contributed by atoms with Gasteiger partial charge in [-0.25, -0.2) is 0 Å². The van der Waals surface area contributed by atoms with Crippen LogP contribution in [0.4, 0.5) is 0 Å². The van der Waals surface area contributed by atoms with Gasteiger partial charge in [0.1, 0.15) is 0 Å². The number of fused-ring (bicyclic) bond motifs is 3. The molecule has 0 nitrogen and oxygen atoms in total. The minimum Gasteiger partial charge on any atom is -0.0726 e. The van der Waals surface area contributed by atoms with E-state index in [1.165, 1.54) is 28.7 Å². The largest absolute Gasteiger partial charge is 0.0726 e. The van der Waals surface area contributed by atoms with Crippen molar-refractivity contribution >= 4 is 6.08 Å². The minimum absolute atomic E-state index is 0.501. The van der Waals surface area contributed by atoms with Crippen molar-refractivity contribution in [1.82, 2.24) is 0 Å². The lowest BCUT2D eigenvalue weighted by molar-refractivity contribution is 0.733. The molecular weight excluding hydrogens is 204 g/mol. The fourth-order valence-electron chi connectivity index (χ4n) is 2.70. The molecule has 0 aliphatic heterocycles. The first-order chi connectivity index (χ1) is 8.29. The predicted octanol–water partition coefficient (Wildman–Crippen LogP) is 4.81. The van der Waals surface area contributed by atoms with E-state index in [4.69, 9.17) is 0 Å². The summed E-state index contributed by atoms with van der Waals surface area (Å²) in [4.78, 5) is 0. The van der Waals surface area contributed by atoms with E-state index < -0.39 is 0 Å². The van der Waals surface area contributed by atoms with E-state index in [1.54, 1.807) is 0 Å². The molecular formula is C17H18. The van der Waals surface area contributed by atoms with Gasteiger partial charge in [-0.15, -0.1) is 0 Å². The fraction of sp³-hybridized carbons (Fsp3) is 0.294. The van der Waals surface area contributed by atoms with Crippen LogP contribution in [0.1, 0.15) is 48.8 Å². The first-order valence-electron chi connectivity index (χ1n) is 6.50. The Balaban J connectivity index is 2.04. The van der Waals surface area contributed by atoms with Gasteiger partial charge in [0.2, 0.25) is 0 Å². The number of hydrogen-bond donors (Lipinski definition) is 0. The highest BCUT2D eigenvalue weighted by atomic mass is 14.3. The Labute approximate surface area is 103 Å². The molecule has 0 spiro atoms. The zero-order chi connectivity index (χ0) is 11.8. The molecule has 0 amide bonds. The Bertz CT molecular complexity index is 529. The third kappa shape index (κ3) is 1.68. The molecule has 0 fully saturated rings. The van der Waals surface area contributed by atoms with Crippen molar-refractivity contribution in [1.29, 1.82) is 0 Å². The van der Waals surface area contributed by atoms with Crippen molar-refractivity contribution in [3.8, 4) is 0 Å². The molecule has 1 aromatic carbocycles. The van der Waals surface area contributed by atoms with Crippen LogP contribution < -0.4 is 0 Å². The van der Waals surface area contributed by atoms with Crippen molar-refractivity contribution in [3.05, 3.63) is 64.8 Å². The molecule has 0 bridgehead atoms. The van der Waals surface area contributed by atoms with Gasteiger partial charge in [-0.2, -0.15) is 0 Å². The molecule has 2 atom stereocenters. The van der Waals surface area contributed by atoms with E-state index in [0.29, 0.717) is 11.8 Å². The van der Waals surface area contributed by atoms with E-state index in [2.05, 4.69) is 62.4 Å². The lowest BCUT2D eigenvalue weighted by Gasteiger charge is -2.14. The smallest absolute Gasteiger partial charge is 0.0278 e. The van der Waals surface area contributed by atoms with Crippen LogP contribution >= 0.6 is 0 Å². The normalized spacial score (nSPS) is 22.0. The third-order valence-corrected chi connectivity index (χ3v) is 4.01. The van der Waals surface area contributed by atoms with Crippen LogP contribution in [-0.2, 0) is 0 Å². The van der Waals surface area contributed by atoms with Gasteiger partial charge in [0, 0.05) is 5.92 Å². The van der Waals surface area contributed by atoms with Crippen LogP contribution in [0.3, 0.4) is 0 Å². The van der Waals surface area contributed by atoms with Gasteiger partial charge >= 0.3 is 0 Å². The number of benzene rings is 1. The van der Waals surface area contributed by atoms with Gasteiger partial charge in [0.25, 0.3) is 0 Å². The Morgan fingerprint density at radius 1 is 1.24 bits per heavy atom. The van der Waals surface area contributed by atoms with Gasteiger partial charge in [0.05, 0.1) is 0 Å². The quantitative estimate of drug-likeness (QED) is 0.673. The standard InChI is InChI=1S/C17H18/c1-3-12(2)13-8-9-17-15(10-13)11-14-6-4-5-7-16(14)17/h4-12,16H,3H2,1-2H3. The molecule has 2 unspecified atom stereocenters. The van der Waals surface area contributed by atoms with Gasteiger partial charge in [0.15, 0.2) is 0 Å². The molecule has 0 saturated carbocycles. The van der Waals surface area contributed by atoms with E-state index in [1.807, 2.05) is 0 Å². The predicted molar refractivity (Wildman–Crippen MR) is 74.1 cm³/mol. The maximum atomic E-state index is 2.37. The zero-order valence-electron chi connectivity index (χ0n) is 10.5. The summed E-state index contributed by atoms with van der Waals surface area (Å²) < 4.78 is 0. The molecule has 17 heavy (non-hydrogen) atoms. The first kappa shape index (κ1) is 10.6. The van der Waals surface area contributed by atoms with Crippen molar-refractivity contribution in [2.75, 3.05) is 0 Å². The molecule has 86 valence electrons. The van der Waals surface area contributed by atoms with Gasteiger partial charge in [-0.1, -0.05) is 62.4 Å². The van der Waals surface area contributed by atoms with Crippen LogP contribution in [0.25, 0.3) is 6.08 Å². The summed E-state index contributed by atoms with van der Waals surface area (Å²) in [6.45, 7) is 4.55. The lowest BCUT2D eigenvalue weighted by Crippen LogP contribution is -1.97. The molecule has 0 heterocycles. The Kier molecular flexibility index (Phi) is 2.51. The van der Waals surface area contributed by atoms with Crippen molar-refractivity contribution < 1.29 is 0 Å². The van der Waals surface area contributed by atoms with Crippen LogP contribution in [0.2, 0.25) is 0 Å². The number of hydrogen-bond acceptors (Lipinski definition) is 0. The molecule has 0 radical (unpaired) electrons. The minimum atomic E-state index is 0.501. The van der Waals surface area contributed by atoms with Gasteiger partial charge in [-0.3, -0.25) is 0 Å². The highest BCUT2D eigenvalue weighted by Gasteiger charge is 2.23. The van der Waals surface area contributed by atoms with E-state index in [0.717, 1.165) is 0 Å². The average molecular weight is 222 g/mol. The van der Waals surface area contributed by atoms with Gasteiger partial charge < -0.3 is 0 Å². The molecule has 1 aromatic rings. The van der Waals surface area contributed by atoms with E-state index in [9.17, 15) is 0 Å². The lowest BCUT2D eigenvalue weighted by atomic mass is 9.90. The summed E-state index contributed by atoms with van der Waals surface area (Å²) in [6.07, 6.45) is 12.3. The second-order valence-corrected chi connectivity index (χ2v) is 5.06. The maximum Gasteiger partial charge on any atom is 0.0278 e. The average Bonchev–Trinajstić information content (AvgIpc) is 2.75. The molecule has 0 saturated heterocycles. The number of allylic oxidation sites excluding steroid dienone is 5. The van der Waals surface area contributed by atoms with Crippen molar-refractivity contribution in [3.63, 3.8) is 0 Å². The molecule has 0 aromatic heterocycles. The topological polar surface area (TPSA) is 0 Å². The molecule has 2 aliphatic rings. The number of rotatable bonds is 2. The SMILES string of the molecule is CCC(C)c1ccc2c(c1)C=C1C=CC=CC12. The molecule has 3 rings (SSSR count). The highest BCUT2D eigenvalue weighted by Crippen LogP contribution is 2.40. The van der Waals surface area contributed by atoms with E-state index >= 15 is 0 Å². The van der Waals surface area contributed by atoms with Gasteiger partial charge in [-0.05, 0) is 34.6 Å². The summed E-state index contributed by atoms with van der Waals surface area (Å²) in [5.41, 5.74) is 5.78. The monoisotopic (exact) mass is 222 g/mol. The summed E-state index contributed by atoms with van der Waals surface area (Å²) >= 11 is 0. The summed E-state index contributed by atoms with van der Waals surface area (Å²) in [7, 11) is 0. The van der Waals surface area contributed by atoms with E-state index in [-0.39, 0.29) is 0 Å². The highest BCUT2D eigenvalue weighted by molar-refractivity contribution is 5.72. The van der Waals surface area contributed by atoms with Crippen LogP contribution in [-0.4, -0.2) is 0 Å². The molecule has 0 N–H and O–H groups in total. The first-order valence-corrected chi connectivity index (χ1v) is 6.50. The van der Waals surface area contributed by atoms with Crippen LogP contribution in [0.15, 0.2) is 48.1 Å². The molecule has 2 aliphatic carbocycles. The second kappa shape index (κ2) is 4.03. The van der Waals surface area contributed by atoms with Crippen LogP contribution in [0.5, 0.6) is 0 Å². The molecule has 0 heteroatoms. The summed E-state index contributed by atoms with van der Waals surface area (Å²) in [6, 6.07) is 6.99. The Hall–Kier alpha value is -1.56. The van der Waals surface area contributed by atoms with Crippen LogP contribution in [0, 0.1) is 0 Å². The van der Waals surface area contributed by atoms with Crippen molar-refractivity contribution in [2.45, 2.75) is 32.1 Å². The summed E-state index contributed by atoms with van der Waals surface area (Å²) in [5.74, 6) is 1.16. The van der Waals surface area contributed by atoms with Crippen molar-refractivity contribution in [2.24, 2.45) is 0 Å². The Morgan fingerprint density at radius 3 is 2.94 bits per heavy atom. The Morgan fingerprint density at radius 2 is 2.12 bits per heavy atom. The zero-order valence-corrected chi connectivity index (χ0v) is 10.5. The third-order valence-electron chi connectivity index (χ3n) is 4.01.